The number of nitrogens with one attached hydrogen (secondary N) is 1. The van der Waals surface area contributed by atoms with E-state index in [1.54, 1.807) is 0 Å². The van der Waals surface area contributed by atoms with Crippen molar-refractivity contribution < 1.29 is 0 Å². The molecular weight excluding hydrogens is 232 g/mol. The summed E-state index contributed by atoms with van der Waals surface area (Å²) < 4.78 is 0. The highest BCUT2D eigenvalue weighted by atomic mass is 15.1. The van der Waals surface area contributed by atoms with Gasteiger partial charge in [0.25, 0.3) is 0 Å². The fourth-order valence-electron chi connectivity index (χ4n) is 3.04. The Bertz CT molecular complexity index is 282. The molecule has 0 aromatic rings. The Hall–Kier alpha value is -0.340. The fourth-order valence-corrected chi connectivity index (χ4v) is 3.04. The second kappa shape index (κ2) is 7.44. The molecular formula is C17H32N2. The van der Waals surface area contributed by atoms with Crippen molar-refractivity contribution in [3.05, 3.63) is 11.6 Å². The Morgan fingerprint density at radius 1 is 1.21 bits per heavy atom. The molecule has 1 saturated heterocycles. The fraction of sp³-hybridized carbons (Fsp3) is 0.882. The Labute approximate surface area is 119 Å². The van der Waals surface area contributed by atoms with Gasteiger partial charge in [0.1, 0.15) is 0 Å². The number of likely N-dealkylation sites (tertiary alicyclic amines) is 1. The molecule has 110 valence electrons. The van der Waals surface area contributed by atoms with Crippen molar-refractivity contribution in [2.75, 3.05) is 19.6 Å². The second-order valence-corrected chi connectivity index (χ2v) is 6.81. The van der Waals surface area contributed by atoms with E-state index in [1.165, 1.54) is 57.2 Å². The Kier molecular flexibility index (Phi) is 5.90. The van der Waals surface area contributed by atoms with E-state index in [1.807, 2.05) is 0 Å². The molecule has 2 nitrogen and oxygen atoms in total. The van der Waals surface area contributed by atoms with E-state index in [4.69, 9.17) is 0 Å². The van der Waals surface area contributed by atoms with Crippen LogP contribution in [0.1, 0.15) is 59.3 Å². The van der Waals surface area contributed by atoms with Crippen molar-refractivity contribution in [1.82, 2.24) is 10.2 Å². The molecule has 1 N–H and O–H groups in total. The molecule has 1 heterocycles. The number of allylic oxidation sites excluding steroid dienone is 1. The van der Waals surface area contributed by atoms with Crippen LogP contribution in [0.2, 0.25) is 0 Å². The van der Waals surface area contributed by atoms with Crippen LogP contribution in [-0.4, -0.2) is 36.6 Å². The predicted molar refractivity (Wildman–Crippen MR) is 83.4 cm³/mol. The van der Waals surface area contributed by atoms with Gasteiger partial charge in [0.2, 0.25) is 0 Å². The number of hydrogen-bond acceptors (Lipinski definition) is 2. The van der Waals surface area contributed by atoms with E-state index < -0.39 is 0 Å². The summed E-state index contributed by atoms with van der Waals surface area (Å²) in [5, 5.41) is 3.92. The second-order valence-electron chi connectivity index (χ2n) is 6.81. The summed E-state index contributed by atoms with van der Waals surface area (Å²) in [7, 11) is 0. The molecule has 19 heavy (non-hydrogen) atoms. The summed E-state index contributed by atoms with van der Waals surface area (Å²) in [6, 6.07) is 1.55. The quantitative estimate of drug-likeness (QED) is 0.707. The standard InChI is InChI=1S/C17H32N2/c1-4-16(13-15-5-6-15)18-17-8-11-19(12-9-17)10-7-14(2)3/h7,15-18H,4-6,8-13H2,1-3H3. The molecule has 2 heteroatoms. The third kappa shape index (κ3) is 5.66. The third-order valence-corrected chi connectivity index (χ3v) is 4.62. The zero-order valence-electron chi connectivity index (χ0n) is 13.1. The van der Waals surface area contributed by atoms with Gasteiger partial charge in [0.15, 0.2) is 0 Å². The summed E-state index contributed by atoms with van der Waals surface area (Å²) in [5.41, 5.74) is 1.44. The van der Waals surface area contributed by atoms with E-state index >= 15 is 0 Å². The first-order valence-electron chi connectivity index (χ1n) is 8.29. The third-order valence-electron chi connectivity index (χ3n) is 4.62. The molecule has 1 unspecified atom stereocenters. The summed E-state index contributed by atoms with van der Waals surface area (Å²) >= 11 is 0. The van der Waals surface area contributed by atoms with Gasteiger partial charge in [-0.25, -0.2) is 0 Å². The zero-order chi connectivity index (χ0) is 13.7. The van der Waals surface area contributed by atoms with Crippen molar-refractivity contribution in [3.8, 4) is 0 Å². The minimum absolute atomic E-state index is 0.770. The minimum Gasteiger partial charge on any atom is -0.311 e. The van der Waals surface area contributed by atoms with Crippen LogP contribution in [0, 0.1) is 5.92 Å². The number of hydrogen-bond donors (Lipinski definition) is 1. The van der Waals surface area contributed by atoms with Crippen LogP contribution in [-0.2, 0) is 0 Å². The summed E-state index contributed by atoms with van der Waals surface area (Å²) in [5.74, 6) is 1.05. The van der Waals surface area contributed by atoms with E-state index in [9.17, 15) is 0 Å². The van der Waals surface area contributed by atoms with Gasteiger partial charge < -0.3 is 5.32 Å². The van der Waals surface area contributed by atoms with E-state index in [2.05, 4.69) is 37.1 Å². The SMILES string of the molecule is CCC(CC1CC1)NC1CCN(CC=C(C)C)CC1. The molecule has 0 aromatic heterocycles. The smallest absolute Gasteiger partial charge is 0.0165 e. The van der Waals surface area contributed by atoms with Crippen LogP contribution in [0.15, 0.2) is 11.6 Å². The van der Waals surface area contributed by atoms with E-state index in [0.717, 1.165) is 24.5 Å². The molecule has 1 aliphatic carbocycles. The van der Waals surface area contributed by atoms with Gasteiger partial charge in [-0.1, -0.05) is 31.4 Å². The summed E-state index contributed by atoms with van der Waals surface area (Å²) in [6.45, 7) is 10.4. The Morgan fingerprint density at radius 3 is 2.42 bits per heavy atom. The van der Waals surface area contributed by atoms with Crippen molar-refractivity contribution in [2.24, 2.45) is 5.92 Å². The van der Waals surface area contributed by atoms with Crippen molar-refractivity contribution >= 4 is 0 Å². The van der Waals surface area contributed by atoms with Gasteiger partial charge in [0.05, 0.1) is 0 Å². The molecule has 0 amide bonds. The first-order chi connectivity index (χ1) is 9.17. The largest absolute Gasteiger partial charge is 0.311 e. The zero-order valence-corrected chi connectivity index (χ0v) is 13.1. The molecule has 2 aliphatic rings. The van der Waals surface area contributed by atoms with Crippen LogP contribution in [0.4, 0.5) is 0 Å². The van der Waals surface area contributed by atoms with Crippen molar-refractivity contribution in [2.45, 2.75) is 71.4 Å². The lowest BCUT2D eigenvalue weighted by Gasteiger charge is -2.34. The highest BCUT2D eigenvalue weighted by Gasteiger charge is 2.27. The molecule has 1 saturated carbocycles. The highest BCUT2D eigenvalue weighted by Crippen LogP contribution is 2.34. The van der Waals surface area contributed by atoms with Crippen LogP contribution < -0.4 is 5.32 Å². The normalized spacial score (nSPS) is 23.3. The van der Waals surface area contributed by atoms with E-state index in [-0.39, 0.29) is 0 Å². The highest BCUT2D eigenvalue weighted by molar-refractivity contribution is 4.96. The van der Waals surface area contributed by atoms with Crippen LogP contribution in [0.3, 0.4) is 0 Å². The molecule has 2 fully saturated rings. The van der Waals surface area contributed by atoms with Crippen LogP contribution in [0.5, 0.6) is 0 Å². The van der Waals surface area contributed by atoms with Crippen molar-refractivity contribution in [1.29, 1.82) is 0 Å². The lowest BCUT2D eigenvalue weighted by Crippen LogP contribution is -2.46. The molecule has 0 bridgehead atoms. The van der Waals surface area contributed by atoms with Gasteiger partial charge in [-0.15, -0.1) is 0 Å². The van der Waals surface area contributed by atoms with Gasteiger partial charge >= 0.3 is 0 Å². The summed E-state index contributed by atoms with van der Waals surface area (Å²) in [6.07, 6.45) is 10.7. The molecule has 0 spiro atoms. The average Bonchev–Trinajstić information content (AvgIpc) is 3.21. The summed E-state index contributed by atoms with van der Waals surface area (Å²) in [4.78, 5) is 2.59. The number of piperidine rings is 1. The topological polar surface area (TPSA) is 15.3 Å². The monoisotopic (exact) mass is 264 g/mol. The first kappa shape index (κ1) is 15.1. The number of rotatable bonds is 7. The van der Waals surface area contributed by atoms with E-state index in [0.29, 0.717) is 0 Å². The van der Waals surface area contributed by atoms with Gasteiger partial charge in [-0.3, -0.25) is 4.90 Å². The Morgan fingerprint density at radius 2 is 1.89 bits per heavy atom. The van der Waals surface area contributed by atoms with Crippen LogP contribution in [0.25, 0.3) is 0 Å². The van der Waals surface area contributed by atoms with Gasteiger partial charge in [-0.2, -0.15) is 0 Å². The Balaban J connectivity index is 1.65. The average molecular weight is 264 g/mol. The van der Waals surface area contributed by atoms with Gasteiger partial charge in [-0.05, 0) is 58.5 Å². The minimum atomic E-state index is 0.770. The first-order valence-corrected chi connectivity index (χ1v) is 8.29. The maximum atomic E-state index is 3.92. The predicted octanol–water partition coefficient (Wildman–Crippen LogP) is 3.59. The van der Waals surface area contributed by atoms with Crippen molar-refractivity contribution in [3.63, 3.8) is 0 Å². The number of nitrogens with zero attached hydrogens (tertiary/aromatic N) is 1. The molecule has 1 aliphatic heterocycles. The van der Waals surface area contributed by atoms with Crippen LogP contribution >= 0.6 is 0 Å². The van der Waals surface area contributed by atoms with Gasteiger partial charge in [0, 0.05) is 18.6 Å². The lowest BCUT2D eigenvalue weighted by atomic mass is 10.0. The molecule has 1 atom stereocenters. The molecule has 0 radical (unpaired) electrons. The maximum Gasteiger partial charge on any atom is 0.0165 e. The maximum absolute atomic E-state index is 3.92. The molecule has 0 aromatic carbocycles. The molecule has 2 rings (SSSR count). The lowest BCUT2D eigenvalue weighted by molar-refractivity contribution is 0.202.